The van der Waals surface area contributed by atoms with Crippen molar-refractivity contribution in [2.24, 2.45) is 0 Å². The number of amides is 3. The van der Waals surface area contributed by atoms with Crippen LogP contribution < -0.4 is 5.32 Å². The molecule has 1 aliphatic rings. The first-order valence-electron chi connectivity index (χ1n) is 11.7. The van der Waals surface area contributed by atoms with Crippen molar-refractivity contribution in [3.63, 3.8) is 0 Å². The molecule has 1 aliphatic heterocycles. The van der Waals surface area contributed by atoms with Crippen LogP contribution in [0.5, 0.6) is 0 Å². The first kappa shape index (κ1) is 26.4. The molecule has 0 saturated carbocycles. The van der Waals surface area contributed by atoms with Crippen molar-refractivity contribution in [2.75, 3.05) is 13.1 Å². The minimum Gasteiger partial charge on any atom is -0.350 e. The maximum absolute atomic E-state index is 13.2. The van der Waals surface area contributed by atoms with Crippen LogP contribution in [0.25, 0.3) is 0 Å². The number of hydrogen-bond acceptors (Lipinski definition) is 5. The number of sulfonamides is 1. The Bertz CT molecular complexity index is 1190. The molecule has 8 nitrogen and oxygen atoms in total. The summed E-state index contributed by atoms with van der Waals surface area (Å²) in [6.45, 7) is 7.55. The number of nitrogens with one attached hydrogen (secondary N) is 1. The monoisotopic (exact) mass is 499 g/mol. The van der Waals surface area contributed by atoms with Gasteiger partial charge in [0.2, 0.25) is 11.8 Å². The quantitative estimate of drug-likeness (QED) is 0.571. The summed E-state index contributed by atoms with van der Waals surface area (Å²) >= 11 is 0. The predicted octanol–water partition coefficient (Wildman–Crippen LogP) is 2.99. The number of fused-ring (bicyclic) bond motifs is 1. The van der Waals surface area contributed by atoms with E-state index in [1.165, 1.54) is 17.0 Å². The molecule has 1 atom stereocenters. The molecule has 2 aromatic rings. The Balaban J connectivity index is 1.68. The van der Waals surface area contributed by atoms with Gasteiger partial charge in [0.1, 0.15) is 10.9 Å². The summed E-state index contributed by atoms with van der Waals surface area (Å²) in [6.07, 6.45) is 0.749. The summed E-state index contributed by atoms with van der Waals surface area (Å²) in [6, 6.07) is 15.1. The fourth-order valence-corrected chi connectivity index (χ4v) is 5.62. The van der Waals surface area contributed by atoms with Gasteiger partial charge in [0, 0.05) is 25.0 Å². The van der Waals surface area contributed by atoms with E-state index >= 15 is 0 Å². The summed E-state index contributed by atoms with van der Waals surface area (Å²) in [4.78, 5) is 40.2. The molecule has 2 aromatic carbocycles. The number of rotatable bonds is 9. The van der Waals surface area contributed by atoms with Crippen LogP contribution in [0.1, 0.15) is 56.5 Å². The lowest BCUT2D eigenvalue weighted by Gasteiger charge is -2.31. The molecule has 3 amide bonds. The second-order valence-electron chi connectivity index (χ2n) is 9.72. The second kappa shape index (κ2) is 10.6. The number of carbonyl (C=O) groups is 3. The molecular formula is C26H33N3O5S. The van der Waals surface area contributed by atoms with Crippen LogP contribution in [0.15, 0.2) is 59.5 Å². The minimum absolute atomic E-state index is 0.00622. The molecule has 0 unspecified atom stereocenters. The van der Waals surface area contributed by atoms with E-state index in [-0.39, 0.29) is 41.7 Å². The SMILES string of the molecule is C[C@@H](C(=O)NC(C)(C)C)N(CCc1ccccc1)C(=O)CCCN1C(=O)c2ccccc2S1(=O)=O. The molecule has 0 aliphatic carbocycles. The number of nitrogens with zero attached hydrogens (tertiary/aromatic N) is 2. The van der Waals surface area contributed by atoms with Gasteiger partial charge in [-0.05, 0) is 58.2 Å². The van der Waals surface area contributed by atoms with E-state index in [1.54, 1.807) is 19.1 Å². The maximum atomic E-state index is 13.2. The highest BCUT2D eigenvalue weighted by Gasteiger charge is 2.40. The van der Waals surface area contributed by atoms with Gasteiger partial charge < -0.3 is 10.2 Å². The Hall–Kier alpha value is -3.20. The van der Waals surface area contributed by atoms with Gasteiger partial charge in [-0.15, -0.1) is 0 Å². The Morgan fingerprint density at radius 3 is 2.29 bits per heavy atom. The van der Waals surface area contributed by atoms with E-state index in [9.17, 15) is 22.8 Å². The van der Waals surface area contributed by atoms with Crippen LogP contribution >= 0.6 is 0 Å². The van der Waals surface area contributed by atoms with Crippen molar-refractivity contribution < 1.29 is 22.8 Å². The summed E-state index contributed by atoms with van der Waals surface area (Å²) in [5.74, 6) is -1.10. The molecule has 1 heterocycles. The summed E-state index contributed by atoms with van der Waals surface area (Å²) in [7, 11) is -3.92. The molecule has 0 fully saturated rings. The Morgan fingerprint density at radius 2 is 1.66 bits per heavy atom. The molecule has 35 heavy (non-hydrogen) atoms. The van der Waals surface area contributed by atoms with Gasteiger partial charge in [-0.2, -0.15) is 0 Å². The van der Waals surface area contributed by atoms with Crippen molar-refractivity contribution in [1.29, 1.82) is 0 Å². The third-order valence-corrected chi connectivity index (χ3v) is 7.65. The Labute approximate surface area is 207 Å². The topological polar surface area (TPSA) is 104 Å². The fraction of sp³-hybridized carbons (Fsp3) is 0.423. The predicted molar refractivity (Wildman–Crippen MR) is 133 cm³/mol. The van der Waals surface area contributed by atoms with Crippen molar-refractivity contribution in [3.05, 3.63) is 65.7 Å². The zero-order chi connectivity index (χ0) is 25.8. The van der Waals surface area contributed by atoms with Crippen LogP contribution in [-0.2, 0) is 26.0 Å². The van der Waals surface area contributed by atoms with Crippen molar-refractivity contribution in [1.82, 2.24) is 14.5 Å². The van der Waals surface area contributed by atoms with E-state index in [4.69, 9.17) is 0 Å². The van der Waals surface area contributed by atoms with Gasteiger partial charge in [-0.1, -0.05) is 42.5 Å². The second-order valence-corrected chi connectivity index (χ2v) is 11.6. The van der Waals surface area contributed by atoms with Gasteiger partial charge in [-0.25, -0.2) is 12.7 Å². The average molecular weight is 500 g/mol. The number of carbonyl (C=O) groups excluding carboxylic acids is 3. The minimum atomic E-state index is -3.92. The van der Waals surface area contributed by atoms with Crippen molar-refractivity contribution >= 4 is 27.7 Å². The lowest BCUT2D eigenvalue weighted by atomic mass is 10.1. The van der Waals surface area contributed by atoms with Crippen LogP contribution in [-0.4, -0.2) is 60.0 Å². The van der Waals surface area contributed by atoms with Gasteiger partial charge in [0.25, 0.3) is 15.9 Å². The van der Waals surface area contributed by atoms with E-state index in [1.807, 2.05) is 51.1 Å². The zero-order valence-electron chi connectivity index (χ0n) is 20.7. The number of benzene rings is 2. The molecule has 0 aromatic heterocycles. The van der Waals surface area contributed by atoms with Crippen LogP contribution in [0.3, 0.4) is 0 Å². The number of hydrogen-bond donors (Lipinski definition) is 1. The highest BCUT2D eigenvalue weighted by Crippen LogP contribution is 2.30. The Morgan fingerprint density at radius 1 is 1.03 bits per heavy atom. The third-order valence-electron chi connectivity index (χ3n) is 5.81. The average Bonchev–Trinajstić information content (AvgIpc) is 2.99. The lowest BCUT2D eigenvalue weighted by molar-refractivity contribution is -0.140. The van der Waals surface area contributed by atoms with E-state index < -0.39 is 27.5 Å². The molecule has 0 bridgehead atoms. The van der Waals surface area contributed by atoms with Gasteiger partial charge >= 0.3 is 0 Å². The van der Waals surface area contributed by atoms with Crippen LogP contribution in [0.2, 0.25) is 0 Å². The van der Waals surface area contributed by atoms with Gasteiger partial charge in [0.05, 0.1) is 5.56 Å². The first-order chi connectivity index (χ1) is 16.4. The molecule has 1 N–H and O–H groups in total. The fourth-order valence-electron chi connectivity index (χ4n) is 4.01. The van der Waals surface area contributed by atoms with E-state index in [0.717, 1.165) is 9.87 Å². The van der Waals surface area contributed by atoms with Crippen molar-refractivity contribution in [2.45, 2.75) is 63.4 Å². The molecule has 0 saturated heterocycles. The molecule has 0 radical (unpaired) electrons. The largest absolute Gasteiger partial charge is 0.350 e. The third kappa shape index (κ3) is 6.28. The molecule has 188 valence electrons. The van der Waals surface area contributed by atoms with Gasteiger partial charge in [0.15, 0.2) is 0 Å². The van der Waals surface area contributed by atoms with E-state index in [0.29, 0.717) is 13.0 Å². The summed E-state index contributed by atoms with van der Waals surface area (Å²) in [5, 5.41) is 2.91. The standard InChI is InChI=1S/C26H33N3O5S/c1-19(24(31)27-26(2,3)4)28(18-16-20-11-6-5-7-12-20)23(30)15-10-17-29-25(32)21-13-8-9-14-22(21)35(29,33)34/h5-9,11-14,19H,10,15-18H2,1-4H3,(H,27,31)/t19-/m0/s1. The highest BCUT2D eigenvalue weighted by atomic mass is 32.2. The summed E-state index contributed by atoms with van der Waals surface area (Å²) < 4.78 is 26.3. The van der Waals surface area contributed by atoms with Crippen LogP contribution in [0, 0.1) is 0 Å². The maximum Gasteiger partial charge on any atom is 0.269 e. The molecular weight excluding hydrogens is 466 g/mol. The van der Waals surface area contributed by atoms with Crippen molar-refractivity contribution in [3.8, 4) is 0 Å². The first-order valence-corrected chi connectivity index (χ1v) is 13.2. The summed E-state index contributed by atoms with van der Waals surface area (Å²) in [5.41, 5.74) is 0.745. The lowest BCUT2D eigenvalue weighted by Crippen LogP contribution is -2.53. The molecule has 0 spiro atoms. The highest BCUT2D eigenvalue weighted by molar-refractivity contribution is 7.90. The Kier molecular flexibility index (Phi) is 8.00. The zero-order valence-corrected chi connectivity index (χ0v) is 21.5. The molecule has 3 rings (SSSR count). The molecule has 9 heteroatoms. The normalized spacial score (nSPS) is 15.4. The smallest absolute Gasteiger partial charge is 0.269 e. The van der Waals surface area contributed by atoms with Crippen LogP contribution in [0.4, 0.5) is 0 Å². The van der Waals surface area contributed by atoms with Gasteiger partial charge in [-0.3, -0.25) is 14.4 Å². The van der Waals surface area contributed by atoms with E-state index in [2.05, 4.69) is 5.32 Å².